The molecule has 162 valence electrons. The topological polar surface area (TPSA) is 67.0 Å². The zero-order valence-electron chi connectivity index (χ0n) is 17.6. The zero-order valence-corrected chi connectivity index (χ0v) is 19.2. The highest BCUT2D eigenvalue weighted by Crippen LogP contribution is 2.25. The standard InChI is InChI=1S/C24H26ClN3O2S/c1-16(31)20(13-18-10-6-7-11-21(18)25)23-27-15-19(28-23)14-26-22(24(29)30-2)12-17-8-4-3-5-9-17/h3-11,15,20,22,26H,12-14H2,1-2H3,(H,27,28)/t20?,22-/m0/s1. The van der Waals surface area contributed by atoms with Crippen LogP contribution in [0.15, 0.2) is 60.8 Å². The van der Waals surface area contributed by atoms with Gasteiger partial charge < -0.3 is 9.72 Å². The molecule has 2 aromatic carbocycles. The van der Waals surface area contributed by atoms with Gasteiger partial charge in [-0.25, -0.2) is 4.98 Å². The summed E-state index contributed by atoms with van der Waals surface area (Å²) in [6.45, 7) is 2.37. The highest BCUT2D eigenvalue weighted by molar-refractivity contribution is 7.80. The number of nitrogens with zero attached hydrogens (tertiary/aromatic N) is 1. The summed E-state index contributed by atoms with van der Waals surface area (Å²) in [5.41, 5.74) is 2.97. The Morgan fingerprint density at radius 3 is 2.55 bits per heavy atom. The summed E-state index contributed by atoms with van der Waals surface area (Å²) in [6.07, 6.45) is 2.99. The molecular weight excluding hydrogens is 430 g/mol. The van der Waals surface area contributed by atoms with Crippen molar-refractivity contribution < 1.29 is 9.53 Å². The van der Waals surface area contributed by atoms with Crippen LogP contribution >= 0.6 is 23.8 Å². The predicted octanol–water partition coefficient (Wildman–Crippen LogP) is 4.65. The number of aromatic nitrogens is 2. The second kappa shape index (κ2) is 11.2. The molecule has 7 heteroatoms. The lowest BCUT2D eigenvalue weighted by molar-refractivity contribution is -0.143. The number of carbonyl (C=O) groups excluding carboxylic acids is 1. The van der Waals surface area contributed by atoms with Crippen molar-refractivity contribution in [2.75, 3.05) is 7.11 Å². The van der Waals surface area contributed by atoms with Crippen LogP contribution in [-0.4, -0.2) is 34.0 Å². The van der Waals surface area contributed by atoms with Gasteiger partial charge in [-0.15, -0.1) is 0 Å². The summed E-state index contributed by atoms with van der Waals surface area (Å²) in [6, 6.07) is 17.2. The van der Waals surface area contributed by atoms with Gasteiger partial charge in [0, 0.05) is 28.3 Å². The molecule has 0 saturated heterocycles. The van der Waals surface area contributed by atoms with Gasteiger partial charge in [0.1, 0.15) is 11.9 Å². The minimum atomic E-state index is -0.453. The van der Waals surface area contributed by atoms with Crippen molar-refractivity contribution >= 4 is 34.7 Å². The third-order valence-corrected chi connectivity index (χ3v) is 5.81. The molecule has 0 bridgehead atoms. The third-order valence-electron chi connectivity index (χ3n) is 5.16. The van der Waals surface area contributed by atoms with Crippen LogP contribution in [0.5, 0.6) is 0 Å². The van der Waals surface area contributed by atoms with Crippen LogP contribution in [0, 0.1) is 0 Å². The lowest BCUT2D eigenvalue weighted by Crippen LogP contribution is -2.39. The number of halogens is 1. The van der Waals surface area contributed by atoms with Gasteiger partial charge in [0.25, 0.3) is 0 Å². The van der Waals surface area contributed by atoms with Crippen LogP contribution in [-0.2, 0) is 28.9 Å². The Hall–Kier alpha value is -2.54. The molecule has 0 spiro atoms. The minimum absolute atomic E-state index is 0.0515. The first kappa shape index (κ1) is 23.1. The quantitative estimate of drug-likeness (QED) is 0.344. The maximum atomic E-state index is 12.2. The highest BCUT2D eigenvalue weighted by atomic mass is 35.5. The van der Waals surface area contributed by atoms with Crippen LogP contribution in [0.2, 0.25) is 5.02 Å². The summed E-state index contributed by atoms with van der Waals surface area (Å²) in [7, 11) is 1.40. The van der Waals surface area contributed by atoms with E-state index >= 15 is 0 Å². The molecule has 0 fully saturated rings. The SMILES string of the molecule is COC(=O)[C@H](Cc1ccccc1)NCc1cnc(C(Cc2ccccc2Cl)C(C)=S)[nH]1. The number of imidazole rings is 1. The van der Waals surface area contributed by atoms with Gasteiger partial charge in [0.05, 0.1) is 13.0 Å². The van der Waals surface area contributed by atoms with Crippen molar-refractivity contribution in [2.45, 2.75) is 38.3 Å². The van der Waals surface area contributed by atoms with E-state index in [2.05, 4.69) is 15.3 Å². The fourth-order valence-electron chi connectivity index (χ4n) is 3.42. The molecule has 31 heavy (non-hydrogen) atoms. The van der Waals surface area contributed by atoms with E-state index in [1.807, 2.05) is 61.5 Å². The van der Waals surface area contributed by atoms with E-state index in [1.54, 1.807) is 6.20 Å². The Morgan fingerprint density at radius 1 is 1.16 bits per heavy atom. The number of hydrogen-bond acceptors (Lipinski definition) is 5. The number of rotatable bonds is 10. The number of H-pyrrole nitrogens is 1. The normalized spacial score (nSPS) is 12.9. The Morgan fingerprint density at radius 2 is 1.87 bits per heavy atom. The van der Waals surface area contributed by atoms with E-state index < -0.39 is 6.04 Å². The molecule has 0 aliphatic heterocycles. The number of ether oxygens (including phenoxy) is 1. The van der Waals surface area contributed by atoms with E-state index in [0.29, 0.717) is 19.4 Å². The minimum Gasteiger partial charge on any atom is -0.468 e. The molecule has 2 N–H and O–H groups in total. The average molecular weight is 456 g/mol. The number of benzene rings is 2. The number of methoxy groups -OCH3 is 1. The molecule has 1 unspecified atom stereocenters. The van der Waals surface area contributed by atoms with Gasteiger partial charge in [-0.2, -0.15) is 0 Å². The Bertz CT molecular complexity index is 1020. The maximum absolute atomic E-state index is 12.2. The molecule has 0 aliphatic carbocycles. The second-order valence-electron chi connectivity index (χ2n) is 7.40. The van der Waals surface area contributed by atoms with E-state index in [0.717, 1.165) is 32.5 Å². The Balaban J connectivity index is 1.68. The van der Waals surface area contributed by atoms with Gasteiger partial charge in [-0.05, 0) is 37.0 Å². The largest absolute Gasteiger partial charge is 0.468 e. The van der Waals surface area contributed by atoms with Crippen LogP contribution in [0.25, 0.3) is 0 Å². The van der Waals surface area contributed by atoms with E-state index in [9.17, 15) is 4.79 Å². The number of hydrogen-bond donors (Lipinski definition) is 2. The molecule has 3 rings (SSSR count). The summed E-state index contributed by atoms with van der Waals surface area (Å²) in [5.74, 6) is 0.446. The van der Waals surface area contributed by atoms with Crippen molar-refractivity contribution in [3.63, 3.8) is 0 Å². The fraction of sp³-hybridized carbons (Fsp3) is 0.292. The van der Waals surface area contributed by atoms with E-state index in [1.165, 1.54) is 7.11 Å². The van der Waals surface area contributed by atoms with Crippen LogP contribution in [0.1, 0.15) is 35.5 Å². The van der Waals surface area contributed by atoms with Crippen molar-refractivity contribution in [2.24, 2.45) is 0 Å². The number of esters is 1. The summed E-state index contributed by atoms with van der Waals surface area (Å²) >= 11 is 11.8. The zero-order chi connectivity index (χ0) is 22.2. The second-order valence-corrected chi connectivity index (χ2v) is 8.45. The molecule has 0 aliphatic rings. The first-order chi connectivity index (χ1) is 15.0. The fourth-order valence-corrected chi connectivity index (χ4v) is 3.83. The van der Waals surface area contributed by atoms with Gasteiger partial charge >= 0.3 is 5.97 Å². The predicted molar refractivity (Wildman–Crippen MR) is 128 cm³/mol. The summed E-state index contributed by atoms with van der Waals surface area (Å²) in [5, 5.41) is 4.00. The molecule has 5 nitrogen and oxygen atoms in total. The summed E-state index contributed by atoms with van der Waals surface area (Å²) in [4.78, 5) is 21.0. The molecule has 3 aromatic rings. The molecule has 0 radical (unpaired) electrons. The molecule has 0 amide bonds. The monoisotopic (exact) mass is 455 g/mol. The van der Waals surface area contributed by atoms with Gasteiger partial charge in [0.2, 0.25) is 0 Å². The Kier molecular flexibility index (Phi) is 8.35. The number of nitrogens with one attached hydrogen (secondary N) is 2. The lowest BCUT2D eigenvalue weighted by Gasteiger charge is -2.16. The van der Waals surface area contributed by atoms with Gasteiger partial charge in [-0.3, -0.25) is 10.1 Å². The van der Waals surface area contributed by atoms with Crippen molar-refractivity contribution in [1.29, 1.82) is 0 Å². The first-order valence-electron chi connectivity index (χ1n) is 10.1. The van der Waals surface area contributed by atoms with E-state index in [-0.39, 0.29) is 11.9 Å². The molecule has 1 aromatic heterocycles. The van der Waals surface area contributed by atoms with E-state index in [4.69, 9.17) is 28.6 Å². The van der Waals surface area contributed by atoms with Crippen molar-refractivity contribution in [3.05, 3.63) is 88.5 Å². The smallest absolute Gasteiger partial charge is 0.323 e. The molecular formula is C24H26ClN3O2S. The number of thiocarbonyl (C=S) groups is 1. The van der Waals surface area contributed by atoms with Gasteiger partial charge in [-0.1, -0.05) is 72.3 Å². The molecule has 1 heterocycles. The van der Waals surface area contributed by atoms with Crippen LogP contribution in [0.3, 0.4) is 0 Å². The summed E-state index contributed by atoms with van der Waals surface area (Å²) < 4.78 is 4.97. The molecule has 0 saturated carbocycles. The maximum Gasteiger partial charge on any atom is 0.323 e. The lowest BCUT2D eigenvalue weighted by atomic mass is 9.96. The molecule has 2 atom stereocenters. The van der Waals surface area contributed by atoms with Crippen molar-refractivity contribution in [1.82, 2.24) is 15.3 Å². The average Bonchev–Trinajstić information content (AvgIpc) is 3.24. The number of aromatic amines is 1. The number of carbonyl (C=O) groups is 1. The van der Waals surface area contributed by atoms with Crippen LogP contribution < -0.4 is 5.32 Å². The third kappa shape index (κ3) is 6.47. The first-order valence-corrected chi connectivity index (χ1v) is 10.9. The van der Waals surface area contributed by atoms with Crippen molar-refractivity contribution in [3.8, 4) is 0 Å². The van der Waals surface area contributed by atoms with Crippen LogP contribution in [0.4, 0.5) is 0 Å². The Labute approximate surface area is 193 Å². The van der Waals surface area contributed by atoms with Gasteiger partial charge in [0.15, 0.2) is 0 Å². The highest BCUT2D eigenvalue weighted by Gasteiger charge is 2.21.